The zero-order valence-electron chi connectivity index (χ0n) is 8.79. The highest BCUT2D eigenvalue weighted by molar-refractivity contribution is 7.17. The third kappa shape index (κ3) is 2.30. The van der Waals surface area contributed by atoms with Crippen LogP contribution in [0.3, 0.4) is 0 Å². The molecule has 2 rings (SSSR count). The van der Waals surface area contributed by atoms with Crippen molar-refractivity contribution in [3.63, 3.8) is 0 Å². The Morgan fingerprint density at radius 2 is 2.27 bits per heavy atom. The molecule has 2 aromatic rings. The zero-order chi connectivity index (χ0) is 10.7. The van der Waals surface area contributed by atoms with Crippen LogP contribution in [-0.2, 0) is 6.42 Å². The highest BCUT2D eigenvalue weighted by Crippen LogP contribution is 2.29. The summed E-state index contributed by atoms with van der Waals surface area (Å²) in [5, 5.41) is 16.0. The Labute approximate surface area is 93.6 Å². The Morgan fingerprint density at radius 1 is 1.40 bits per heavy atom. The average molecular weight is 221 g/mol. The van der Waals surface area contributed by atoms with E-state index in [1.54, 1.807) is 17.4 Å². The van der Waals surface area contributed by atoms with Crippen molar-refractivity contribution in [1.82, 2.24) is 5.32 Å². The first-order valence-electron chi connectivity index (χ1n) is 5.15. The normalized spacial score (nSPS) is 11.0. The SMILES string of the molecule is CNCCCc1csc2ccc(O)cc12. The number of phenolic OH excluding ortho intramolecular Hbond substituents is 1. The van der Waals surface area contributed by atoms with Crippen LogP contribution >= 0.6 is 11.3 Å². The number of aryl methyl sites for hydroxylation is 1. The molecule has 80 valence electrons. The maximum Gasteiger partial charge on any atom is 0.116 e. The molecule has 2 nitrogen and oxygen atoms in total. The van der Waals surface area contributed by atoms with Crippen molar-refractivity contribution < 1.29 is 5.11 Å². The van der Waals surface area contributed by atoms with Crippen LogP contribution in [0.25, 0.3) is 10.1 Å². The second-order valence-electron chi connectivity index (χ2n) is 3.65. The fourth-order valence-electron chi connectivity index (χ4n) is 1.72. The van der Waals surface area contributed by atoms with Gasteiger partial charge in [-0.15, -0.1) is 11.3 Å². The molecule has 15 heavy (non-hydrogen) atoms. The third-order valence-electron chi connectivity index (χ3n) is 2.51. The lowest BCUT2D eigenvalue weighted by atomic mass is 10.1. The van der Waals surface area contributed by atoms with E-state index in [2.05, 4.69) is 10.7 Å². The number of thiophene rings is 1. The molecule has 0 saturated carbocycles. The van der Waals surface area contributed by atoms with Gasteiger partial charge >= 0.3 is 0 Å². The van der Waals surface area contributed by atoms with Gasteiger partial charge in [-0.2, -0.15) is 0 Å². The van der Waals surface area contributed by atoms with E-state index < -0.39 is 0 Å². The van der Waals surface area contributed by atoms with Crippen molar-refractivity contribution in [1.29, 1.82) is 0 Å². The summed E-state index contributed by atoms with van der Waals surface area (Å²) >= 11 is 1.75. The van der Waals surface area contributed by atoms with E-state index in [9.17, 15) is 5.11 Å². The highest BCUT2D eigenvalue weighted by atomic mass is 32.1. The number of benzene rings is 1. The summed E-state index contributed by atoms with van der Waals surface area (Å²) in [6.07, 6.45) is 2.21. The van der Waals surface area contributed by atoms with Crippen LogP contribution in [0, 0.1) is 0 Å². The molecule has 0 fully saturated rings. The molecule has 0 bridgehead atoms. The van der Waals surface area contributed by atoms with Crippen LogP contribution in [0.4, 0.5) is 0 Å². The zero-order valence-corrected chi connectivity index (χ0v) is 9.60. The van der Waals surface area contributed by atoms with Crippen molar-refractivity contribution in [2.24, 2.45) is 0 Å². The number of nitrogens with one attached hydrogen (secondary N) is 1. The van der Waals surface area contributed by atoms with Crippen molar-refractivity contribution in [2.45, 2.75) is 12.8 Å². The number of hydrogen-bond acceptors (Lipinski definition) is 3. The first-order chi connectivity index (χ1) is 7.31. The molecular weight excluding hydrogens is 206 g/mol. The molecule has 0 aliphatic rings. The minimum absolute atomic E-state index is 0.357. The second kappa shape index (κ2) is 4.64. The van der Waals surface area contributed by atoms with E-state index in [1.165, 1.54) is 15.6 Å². The van der Waals surface area contributed by atoms with Crippen LogP contribution in [0.15, 0.2) is 23.6 Å². The lowest BCUT2D eigenvalue weighted by molar-refractivity contribution is 0.476. The summed E-state index contributed by atoms with van der Waals surface area (Å²) in [6.45, 7) is 1.04. The van der Waals surface area contributed by atoms with Crippen molar-refractivity contribution in [3.05, 3.63) is 29.1 Å². The quantitative estimate of drug-likeness (QED) is 0.778. The van der Waals surface area contributed by atoms with E-state index in [1.807, 2.05) is 19.2 Å². The first-order valence-corrected chi connectivity index (χ1v) is 6.03. The van der Waals surface area contributed by atoms with Gasteiger partial charge in [-0.3, -0.25) is 0 Å². The van der Waals surface area contributed by atoms with Crippen LogP contribution < -0.4 is 5.32 Å². The number of phenols is 1. The molecule has 0 radical (unpaired) electrons. The highest BCUT2D eigenvalue weighted by Gasteiger charge is 2.04. The van der Waals surface area contributed by atoms with Gasteiger partial charge in [-0.25, -0.2) is 0 Å². The standard InChI is InChI=1S/C12H15NOS/c1-13-6-2-3-9-8-15-12-5-4-10(14)7-11(9)12/h4-5,7-8,13-14H,2-3,6H2,1H3. The molecule has 0 amide bonds. The van der Waals surface area contributed by atoms with E-state index in [-0.39, 0.29) is 0 Å². The van der Waals surface area contributed by atoms with Crippen molar-refractivity contribution in [2.75, 3.05) is 13.6 Å². The van der Waals surface area contributed by atoms with E-state index in [0.29, 0.717) is 5.75 Å². The van der Waals surface area contributed by atoms with Crippen LogP contribution in [0.1, 0.15) is 12.0 Å². The Hall–Kier alpha value is -1.06. The second-order valence-corrected chi connectivity index (χ2v) is 4.56. The molecule has 0 saturated heterocycles. The van der Waals surface area contributed by atoms with Gasteiger partial charge in [0.05, 0.1) is 0 Å². The number of fused-ring (bicyclic) bond motifs is 1. The third-order valence-corrected chi connectivity index (χ3v) is 3.52. The summed E-state index contributed by atoms with van der Waals surface area (Å²) in [5.41, 5.74) is 1.35. The summed E-state index contributed by atoms with van der Waals surface area (Å²) < 4.78 is 1.26. The summed E-state index contributed by atoms with van der Waals surface area (Å²) in [7, 11) is 1.97. The summed E-state index contributed by atoms with van der Waals surface area (Å²) in [6, 6.07) is 5.59. The maximum absolute atomic E-state index is 9.44. The van der Waals surface area contributed by atoms with E-state index in [4.69, 9.17) is 0 Å². The van der Waals surface area contributed by atoms with Crippen molar-refractivity contribution >= 4 is 21.4 Å². The summed E-state index contributed by atoms with van der Waals surface area (Å²) in [5.74, 6) is 0.357. The van der Waals surface area contributed by atoms with Gasteiger partial charge in [0.25, 0.3) is 0 Å². The lowest BCUT2D eigenvalue weighted by Crippen LogP contribution is -2.08. The molecule has 0 aliphatic carbocycles. The lowest BCUT2D eigenvalue weighted by Gasteiger charge is -2.00. The summed E-state index contributed by atoms with van der Waals surface area (Å²) in [4.78, 5) is 0. The van der Waals surface area contributed by atoms with Gasteiger partial charge in [-0.05, 0) is 61.0 Å². The average Bonchev–Trinajstić information content (AvgIpc) is 2.62. The molecule has 2 N–H and O–H groups in total. The van der Waals surface area contributed by atoms with E-state index >= 15 is 0 Å². The molecule has 0 unspecified atom stereocenters. The maximum atomic E-state index is 9.44. The Bertz CT molecular complexity index is 450. The van der Waals surface area contributed by atoms with Gasteiger partial charge in [0.15, 0.2) is 0 Å². The van der Waals surface area contributed by atoms with Crippen LogP contribution in [0.2, 0.25) is 0 Å². The molecule has 0 aliphatic heterocycles. The predicted octanol–water partition coefficient (Wildman–Crippen LogP) is 2.76. The molecule has 1 aromatic heterocycles. The first kappa shape index (κ1) is 10.5. The van der Waals surface area contributed by atoms with E-state index in [0.717, 1.165) is 19.4 Å². The Morgan fingerprint density at radius 3 is 3.07 bits per heavy atom. The minimum atomic E-state index is 0.357. The molecule has 0 atom stereocenters. The number of rotatable bonds is 4. The van der Waals surface area contributed by atoms with Crippen molar-refractivity contribution in [3.8, 4) is 5.75 Å². The van der Waals surface area contributed by atoms with Crippen LogP contribution in [0.5, 0.6) is 5.75 Å². The topological polar surface area (TPSA) is 32.3 Å². The largest absolute Gasteiger partial charge is 0.508 e. The Balaban J connectivity index is 2.23. The predicted molar refractivity (Wildman–Crippen MR) is 65.7 cm³/mol. The fourth-order valence-corrected chi connectivity index (χ4v) is 2.70. The van der Waals surface area contributed by atoms with Gasteiger partial charge < -0.3 is 10.4 Å². The Kier molecular flexibility index (Phi) is 3.23. The molecule has 0 spiro atoms. The monoisotopic (exact) mass is 221 g/mol. The van der Waals surface area contributed by atoms with Crippen LogP contribution in [-0.4, -0.2) is 18.7 Å². The fraction of sp³-hybridized carbons (Fsp3) is 0.333. The molecule has 1 aromatic carbocycles. The van der Waals surface area contributed by atoms with Gasteiger partial charge in [0, 0.05) is 4.70 Å². The minimum Gasteiger partial charge on any atom is -0.508 e. The van der Waals surface area contributed by atoms with Gasteiger partial charge in [-0.1, -0.05) is 0 Å². The molecular formula is C12H15NOS. The van der Waals surface area contributed by atoms with Gasteiger partial charge in [0.2, 0.25) is 0 Å². The molecule has 1 heterocycles. The molecule has 3 heteroatoms. The number of hydrogen-bond donors (Lipinski definition) is 2. The van der Waals surface area contributed by atoms with Gasteiger partial charge in [0.1, 0.15) is 5.75 Å². The number of aromatic hydroxyl groups is 1. The smallest absolute Gasteiger partial charge is 0.116 e.